The lowest BCUT2D eigenvalue weighted by Crippen LogP contribution is -2.47. The summed E-state index contributed by atoms with van der Waals surface area (Å²) in [4.78, 5) is 27.1. The predicted molar refractivity (Wildman–Crippen MR) is 149 cm³/mol. The molecule has 3 aromatic rings. The number of aryl methyl sites for hydroxylation is 1. The predicted octanol–water partition coefficient (Wildman–Crippen LogP) is 6.75. The van der Waals surface area contributed by atoms with E-state index in [-0.39, 0.29) is 12.6 Å². The number of carbonyl (C=O) groups excluding carboxylic acids is 2. The third-order valence-electron chi connectivity index (χ3n) is 6.57. The van der Waals surface area contributed by atoms with Crippen molar-refractivity contribution in [2.45, 2.75) is 57.8 Å². The molecule has 0 fully saturated rings. The van der Waals surface area contributed by atoms with Crippen LogP contribution >= 0.6 is 11.6 Å². The zero-order valence-electron chi connectivity index (χ0n) is 22.6. The van der Waals surface area contributed by atoms with Crippen LogP contribution in [-0.4, -0.2) is 47.4 Å². The Labute approximate surface area is 234 Å². The van der Waals surface area contributed by atoms with E-state index in [0.29, 0.717) is 34.1 Å². The van der Waals surface area contributed by atoms with Gasteiger partial charge in [0.05, 0.1) is 19.8 Å². The SMILES string of the molecule is COC(=O)c1ccccc1Oc1ccc2c(c1)C[C@@H](N(C[C@H](O)c1cccc(Cl)c1)C(=O)OC(C)(C)C)CC2. The molecule has 1 N–H and O–H groups in total. The van der Waals surface area contributed by atoms with Crippen LogP contribution in [0.3, 0.4) is 0 Å². The molecule has 0 aliphatic heterocycles. The molecular weight excluding hydrogens is 518 g/mol. The molecular formula is C31H34ClNO6. The van der Waals surface area contributed by atoms with Gasteiger partial charge in [0.15, 0.2) is 0 Å². The van der Waals surface area contributed by atoms with Crippen LogP contribution in [0.25, 0.3) is 0 Å². The van der Waals surface area contributed by atoms with E-state index in [9.17, 15) is 14.7 Å². The molecule has 0 saturated carbocycles. The molecule has 0 bridgehead atoms. The third kappa shape index (κ3) is 7.31. The molecule has 0 heterocycles. The summed E-state index contributed by atoms with van der Waals surface area (Å²) in [7, 11) is 1.33. The number of aliphatic hydroxyl groups is 1. The van der Waals surface area contributed by atoms with Crippen LogP contribution in [0.15, 0.2) is 66.7 Å². The first-order valence-electron chi connectivity index (χ1n) is 12.9. The Hall–Kier alpha value is -3.55. The number of ether oxygens (including phenoxy) is 3. The molecule has 1 aliphatic rings. The number of carbonyl (C=O) groups is 2. The standard InChI is InChI=1S/C31H34ClNO6/c1-31(2,3)39-30(36)33(19-27(34)21-8-7-9-23(32)16-21)24-14-12-20-13-15-25(18-22(20)17-24)38-28-11-6-5-10-26(28)29(35)37-4/h5-11,13,15-16,18,24,27,34H,12,14,17,19H2,1-4H3/t24-,27-/m0/s1. The van der Waals surface area contributed by atoms with Crippen LogP contribution in [0.2, 0.25) is 5.02 Å². The molecule has 39 heavy (non-hydrogen) atoms. The monoisotopic (exact) mass is 551 g/mol. The number of halogens is 1. The van der Waals surface area contributed by atoms with E-state index < -0.39 is 23.8 Å². The zero-order valence-corrected chi connectivity index (χ0v) is 23.4. The Balaban J connectivity index is 1.58. The van der Waals surface area contributed by atoms with Gasteiger partial charge in [-0.1, -0.05) is 41.9 Å². The molecule has 4 rings (SSSR count). The van der Waals surface area contributed by atoms with Crippen LogP contribution in [0, 0.1) is 0 Å². The molecule has 0 aromatic heterocycles. The first kappa shape index (κ1) is 28.5. The largest absolute Gasteiger partial charge is 0.465 e. The van der Waals surface area contributed by atoms with E-state index in [1.54, 1.807) is 53.4 Å². The maximum Gasteiger partial charge on any atom is 0.410 e. The van der Waals surface area contributed by atoms with E-state index in [1.807, 2.05) is 39.0 Å². The fourth-order valence-corrected chi connectivity index (χ4v) is 4.90. The quantitative estimate of drug-likeness (QED) is 0.327. The number of para-hydroxylation sites is 1. The number of hydrogen-bond donors (Lipinski definition) is 1. The maximum atomic E-state index is 13.3. The summed E-state index contributed by atoms with van der Waals surface area (Å²) in [5.41, 5.74) is 2.48. The van der Waals surface area contributed by atoms with Crippen molar-refractivity contribution >= 4 is 23.7 Å². The second-order valence-corrected chi connectivity index (χ2v) is 11.1. The lowest BCUT2D eigenvalue weighted by molar-refractivity contribution is 0.00195. The zero-order chi connectivity index (χ0) is 28.2. The summed E-state index contributed by atoms with van der Waals surface area (Å²) in [6.45, 7) is 5.53. The van der Waals surface area contributed by atoms with Gasteiger partial charge in [-0.3, -0.25) is 0 Å². The van der Waals surface area contributed by atoms with Crippen LogP contribution in [0.1, 0.15) is 60.3 Å². The van der Waals surface area contributed by atoms with Crippen molar-refractivity contribution in [1.29, 1.82) is 0 Å². The topological polar surface area (TPSA) is 85.3 Å². The van der Waals surface area contributed by atoms with E-state index in [1.165, 1.54) is 12.7 Å². The first-order chi connectivity index (χ1) is 18.5. The number of benzene rings is 3. The Kier molecular flexibility index (Phi) is 8.83. The molecule has 1 aliphatic carbocycles. The van der Waals surface area contributed by atoms with Gasteiger partial charge in [-0.15, -0.1) is 0 Å². The second-order valence-electron chi connectivity index (χ2n) is 10.6. The van der Waals surface area contributed by atoms with Gasteiger partial charge in [0, 0.05) is 11.1 Å². The van der Waals surface area contributed by atoms with Gasteiger partial charge in [0.2, 0.25) is 0 Å². The molecule has 2 atom stereocenters. The normalized spacial score (nSPS) is 15.6. The fourth-order valence-electron chi connectivity index (χ4n) is 4.70. The Morgan fingerprint density at radius 3 is 2.54 bits per heavy atom. The van der Waals surface area contributed by atoms with Gasteiger partial charge in [0.25, 0.3) is 0 Å². The van der Waals surface area contributed by atoms with Crippen LogP contribution in [-0.2, 0) is 22.3 Å². The van der Waals surface area contributed by atoms with E-state index in [0.717, 1.165) is 18.4 Å². The highest BCUT2D eigenvalue weighted by Gasteiger charge is 2.33. The van der Waals surface area contributed by atoms with Gasteiger partial charge in [0.1, 0.15) is 22.7 Å². The minimum absolute atomic E-state index is 0.0674. The number of fused-ring (bicyclic) bond motifs is 1. The average Bonchev–Trinajstić information content (AvgIpc) is 2.90. The molecule has 0 spiro atoms. The van der Waals surface area contributed by atoms with Crippen molar-refractivity contribution in [1.82, 2.24) is 4.90 Å². The lowest BCUT2D eigenvalue weighted by Gasteiger charge is -2.37. The summed E-state index contributed by atoms with van der Waals surface area (Å²) in [5, 5.41) is 11.5. The molecule has 0 unspecified atom stereocenters. The number of amides is 1. The Morgan fingerprint density at radius 2 is 1.82 bits per heavy atom. The average molecular weight is 552 g/mol. The molecule has 7 nitrogen and oxygen atoms in total. The van der Waals surface area contributed by atoms with Crippen LogP contribution in [0.5, 0.6) is 11.5 Å². The summed E-state index contributed by atoms with van der Waals surface area (Å²) >= 11 is 6.13. The minimum Gasteiger partial charge on any atom is -0.465 e. The van der Waals surface area contributed by atoms with Gasteiger partial charge in [-0.05, 0) is 93.1 Å². The molecule has 8 heteroatoms. The molecule has 0 radical (unpaired) electrons. The molecule has 1 amide bonds. The van der Waals surface area contributed by atoms with Crippen LogP contribution < -0.4 is 4.74 Å². The van der Waals surface area contributed by atoms with Gasteiger partial charge < -0.3 is 24.2 Å². The highest BCUT2D eigenvalue weighted by Crippen LogP contribution is 2.33. The highest BCUT2D eigenvalue weighted by atomic mass is 35.5. The molecule has 0 saturated heterocycles. The van der Waals surface area contributed by atoms with Crippen molar-refractivity contribution in [2.75, 3.05) is 13.7 Å². The minimum atomic E-state index is -0.929. The van der Waals surface area contributed by atoms with Crippen molar-refractivity contribution in [3.05, 3.63) is 94.0 Å². The molecule has 3 aromatic carbocycles. The fraction of sp³-hybridized carbons (Fsp3) is 0.355. The van der Waals surface area contributed by atoms with Gasteiger partial charge >= 0.3 is 12.1 Å². The van der Waals surface area contributed by atoms with E-state index in [4.69, 9.17) is 25.8 Å². The number of aliphatic hydroxyl groups excluding tert-OH is 1. The van der Waals surface area contributed by atoms with Crippen molar-refractivity contribution in [2.24, 2.45) is 0 Å². The van der Waals surface area contributed by atoms with Crippen molar-refractivity contribution in [3.63, 3.8) is 0 Å². The van der Waals surface area contributed by atoms with Crippen LogP contribution in [0.4, 0.5) is 4.79 Å². The highest BCUT2D eigenvalue weighted by molar-refractivity contribution is 6.30. The summed E-state index contributed by atoms with van der Waals surface area (Å²) < 4.78 is 16.7. The van der Waals surface area contributed by atoms with Crippen molar-refractivity contribution in [3.8, 4) is 11.5 Å². The van der Waals surface area contributed by atoms with Gasteiger partial charge in [-0.2, -0.15) is 0 Å². The number of hydrogen-bond acceptors (Lipinski definition) is 6. The van der Waals surface area contributed by atoms with E-state index in [2.05, 4.69) is 0 Å². The Morgan fingerprint density at radius 1 is 1.05 bits per heavy atom. The lowest BCUT2D eigenvalue weighted by atomic mass is 9.87. The third-order valence-corrected chi connectivity index (χ3v) is 6.81. The molecule has 206 valence electrons. The Bertz CT molecular complexity index is 1330. The number of rotatable bonds is 7. The first-order valence-corrected chi connectivity index (χ1v) is 13.3. The number of nitrogens with zero attached hydrogens (tertiary/aromatic N) is 1. The maximum absolute atomic E-state index is 13.3. The number of esters is 1. The van der Waals surface area contributed by atoms with Crippen molar-refractivity contribution < 1.29 is 28.9 Å². The number of methoxy groups -OCH3 is 1. The summed E-state index contributed by atoms with van der Waals surface area (Å²) in [6.07, 6.45) is 0.636. The summed E-state index contributed by atoms with van der Waals surface area (Å²) in [5.74, 6) is 0.500. The smallest absolute Gasteiger partial charge is 0.410 e. The summed E-state index contributed by atoms with van der Waals surface area (Å²) in [6, 6.07) is 19.5. The second kappa shape index (κ2) is 12.1. The van der Waals surface area contributed by atoms with Gasteiger partial charge in [-0.25, -0.2) is 9.59 Å². The van der Waals surface area contributed by atoms with E-state index >= 15 is 0 Å².